The molecule has 3 amide bonds. The van der Waals surface area contributed by atoms with Gasteiger partial charge in [-0.1, -0.05) is 38.0 Å². The molecule has 0 spiro atoms. The lowest BCUT2D eigenvalue weighted by atomic mass is 9.99. The van der Waals surface area contributed by atoms with Crippen molar-refractivity contribution < 1.29 is 24.2 Å². The number of urea groups is 1. The van der Waals surface area contributed by atoms with E-state index >= 15 is 0 Å². The molecule has 0 saturated heterocycles. The van der Waals surface area contributed by atoms with Crippen LogP contribution >= 0.6 is 22.7 Å². The Morgan fingerprint density at radius 3 is 2.64 bits per heavy atom. The highest BCUT2D eigenvalue weighted by molar-refractivity contribution is 7.10. The zero-order valence-electron chi connectivity index (χ0n) is 20.1. The summed E-state index contributed by atoms with van der Waals surface area (Å²) in [5.41, 5.74) is 0.906. The Morgan fingerprint density at radius 2 is 1.92 bits per heavy atom. The molecular weight excluding hydrogens is 498 g/mol. The second-order valence-electron chi connectivity index (χ2n) is 8.61. The summed E-state index contributed by atoms with van der Waals surface area (Å²) in [6, 6.07) is 12.5. The second-order valence-corrected chi connectivity index (χ2v) is 10.6. The molecule has 0 fully saturated rings. The van der Waals surface area contributed by atoms with Crippen molar-refractivity contribution in [2.75, 3.05) is 6.79 Å². The molecule has 36 heavy (non-hydrogen) atoms. The van der Waals surface area contributed by atoms with Gasteiger partial charge in [0.2, 0.25) is 6.79 Å². The number of nitrogens with zero attached hydrogens (tertiary/aromatic N) is 1. The van der Waals surface area contributed by atoms with Gasteiger partial charge in [0.15, 0.2) is 11.5 Å². The van der Waals surface area contributed by atoms with E-state index in [0.717, 1.165) is 34.6 Å². The SMILES string of the molecule is CCCC[C@@H](CC(c1cccs1)N(Cc1cccs1)C(=O)O)NC(=O)NCc1ccc2c(c1)OCO2. The Balaban J connectivity index is 1.44. The standard InChI is InChI=1S/C26H31N3O5S2/c1-2-3-6-19(28-25(30)27-15-18-9-10-22-23(13-18)34-17-33-22)14-21(24-8-5-12-36-24)29(26(31)32)16-20-7-4-11-35-20/h4-5,7-13,19,21H,2-3,6,14-17H2,1H3,(H,31,32)(H2,27,28,30)/t19-,21?/m0/s1. The normalized spacial score (nSPS) is 13.7. The number of thiophene rings is 2. The highest BCUT2D eigenvalue weighted by Gasteiger charge is 2.29. The molecule has 3 heterocycles. The van der Waals surface area contributed by atoms with Gasteiger partial charge in [-0.25, -0.2) is 9.59 Å². The third-order valence-electron chi connectivity index (χ3n) is 6.04. The predicted molar refractivity (Wildman–Crippen MR) is 141 cm³/mol. The predicted octanol–water partition coefficient (Wildman–Crippen LogP) is 6.21. The van der Waals surface area contributed by atoms with E-state index in [0.29, 0.717) is 31.0 Å². The van der Waals surface area contributed by atoms with Crippen molar-refractivity contribution in [1.82, 2.24) is 15.5 Å². The molecule has 3 aromatic rings. The summed E-state index contributed by atoms with van der Waals surface area (Å²) in [6.07, 6.45) is 2.21. The van der Waals surface area contributed by atoms with Gasteiger partial charge in [0, 0.05) is 22.3 Å². The van der Waals surface area contributed by atoms with Crippen molar-refractivity contribution >= 4 is 34.8 Å². The molecule has 1 aliphatic rings. The van der Waals surface area contributed by atoms with Crippen LogP contribution in [-0.2, 0) is 13.1 Å². The summed E-state index contributed by atoms with van der Waals surface area (Å²) in [5, 5.41) is 20.0. The average Bonchev–Trinajstić information content (AvgIpc) is 3.65. The number of benzene rings is 1. The average molecular weight is 530 g/mol. The first-order valence-corrected chi connectivity index (χ1v) is 13.8. The molecule has 0 radical (unpaired) electrons. The van der Waals surface area contributed by atoms with Gasteiger partial charge in [-0.3, -0.25) is 4.90 Å². The number of amides is 3. The molecule has 2 atom stereocenters. The Kier molecular flexibility index (Phi) is 9.07. The molecule has 3 N–H and O–H groups in total. The molecule has 8 nitrogen and oxygen atoms in total. The van der Waals surface area contributed by atoms with Crippen LogP contribution in [0.25, 0.3) is 0 Å². The zero-order chi connectivity index (χ0) is 25.3. The fourth-order valence-corrected chi connectivity index (χ4v) is 5.75. The molecule has 0 saturated carbocycles. The fourth-order valence-electron chi connectivity index (χ4n) is 4.20. The number of carboxylic acid groups (broad SMARTS) is 1. The van der Waals surface area contributed by atoms with Gasteiger partial charge in [0.25, 0.3) is 0 Å². The number of carbonyl (C=O) groups excluding carboxylic acids is 1. The third kappa shape index (κ3) is 6.92. The topological polar surface area (TPSA) is 100 Å². The lowest BCUT2D eigenvalue weighted by Gasteiger charge is -2.32. The van der Waals surface area contributed by atoms with Crippen molar-refractivity contribution in [2.45, 2.75) is 57.8 Å². The fraction of sp³-hybridized carbons (Fsp3) is 0.385. The number of fused-ring (bicyclic) bond motifs is 1. The summed E-state index contributed by atoms with van der Waals surface area (Å²) >= 11 is 3.08. The molecule has 1 aliphatic heterocycles. The van der Waals surface area contributed by atoms with Crippen LogP contribution in [0.1, 0.15) is 54.0 Å². The summed E-state index contributed by atoms with van der Waals surface area (Å²) in [4.78, 5) is 28.6. The number of hydrogen-bond donors (Lipinski definition) is 3. The van der Waals surface area contributed by atoms with Crippen LogP contribution in [0.2, 0.25) is 0 Å². The van der Waals surface area contributed by atoms with Crippen LogP contribution in [0.5, 0.6) is 11.5 Å². The minimum atomic E-state index is -0.969. The van der Waals surface area contributed by atoms with Gasteiger partial charge < -0.3 is 25.2 Å². The van der Waals surface area contributed by atoms with Gasteiger partial charge in [-0.2, -0.15) is 0 Å². The van der Waals surface area contributed by atoms with Crippen molar-refractivity contribution in [2.24, 2.45) is 0 Å². The van der Waals surface area contributed by atoms with Crippen LogP contribution in [0.3, 0.4) is 0 Å². The van der Waals surface area contributed by atoms with Crippen LogP contribution in [-0.4, -0.2) is 35.0 Å². The molecule has 192 valence electrons. The number of ether oxygens (including phenoxy) is 2. The molecule has 1 aromatic carbocycles. The highest BCUT2D eigenvalue weighted by Crippen LogP contribution is 2.33. The van der Waals surface area contributed by atoms with Gasteiger partial charge in [0.1, 0.15) is 0 Å². The maximum Gasteiger partial charge on any atom is 0.408 e. The van der Waals surface area contributed by atoms with E-state index in [9.17, 15) is 14.7 Å². The lowest BCUT2D eigenvalue weighted by Crippen LogP contribution is -2.44. The molecule has 0 bridgehead atoms. The van der Waals surface area contributed by atoms with Gasteiger partial charge in [-0.15, -0.1) is 22.7 Å². The quantitative estimate of drug-likeness (QED) is 0.259. The van der Waals surface area contributed by atoms with Gasteiger partial charge in [0.05, 0.1) is 12.6 Å². The Labute approximate surface area is 218 Å². The van der Waals surface area contributed by atoms with Gasteiger partial charge >= 0.3 is 12.1 Å². The van der Waals surface area contributed by atoms with Gasteiger partial charge in [-0.05, 0) is 53.4 Å². The summed E-state index contributed by atoms with van der Waals surface area (Å²) in [6.45, 7) is 2.97. The number of unbranched alkanes of at least 4 members (excludes halogenated alkanes) is 1. The maximum absolute atomic E-state index is 12.8. The Hall–Kier alpha value is -3.24. The third-order valence-corrected chi connectivity index (χ3v) is 7.87. The van der Waals surface area contributed by atoms with Crippen molar-refractivity contribution in [3.63, 3.8) is 0 Å². The Morgan fingerprint density at radius 1 is 1.11 bits per heavy atom. The van der Waals surface area contributed by atoms with Crippen molar-refractivity contribution in [3.8, 4) is 11.5 Å². The monoisotopic (exact) mass is 529 g/mol. The van der Waals surface area contributed by atoms with Crippen LogP contribution in [0.15, 0.2) is 53.2 Å². The van der Waals surface area contributed by atoms with E-state index in [1.807, 2.05) is 53.2 Å². The minimum absolute atomic E-state index is 0.181. The first-order chi connectivity index (χ1) is 17.5. The molecule has 1 unspecified atom stereocenters. The number of hydrogen-bond acceptors (Lipinski definition) is 6. The first kappa shape index (κ1) is 25.8. The summed E-state index contributed by atoms with van der Waals surface area (Å²) in [7, 11) is 0. The van der Waals surface area contributed by atoms with E-state index < -0.39 is 6.09 Å². The van der Waals surface area contributed by atoms with Crippen molar-refractivity contribution in [1.29, 1.82) is 0 Å². The van der Waals surface area contributed by atoms with Crippen LogP contribution < -0.4 is 20.1 Å². The van der Waals surface area contributed by atoms with Crippen LogP contribution in [0, 0.1) is 0 Å². The van der Waals surface area contributed by atoms with Crippen LogP contribution in [0.4, 0.5) is 9.59 Å². The molecule has 2 aromatic heterocycles. The van der Waals surface area contributed by atoms with E-state index in [2.05, 4.69) is 17.6 Å². The van der Waals surface area contributed by atoms with E-state index in [1.54, 1.807) is 11.3 Å². The smallest absolute Gasteiger partial charge is 0.408 e. The van der Waals surface area contributed by atoms with Crippen molar-refractivity contribution in [3.05, 3.63) is 68.5 Å². The minimum Gasteiger partial charge on any atom is -0.465 e. The maximum atomic E-state index is 12.8. The van der Waals surface area contributed by atoms with E-state index in [1.165, 1.54) is 16.2 Å². The van der Waals surface area contributed by atoms with E-state index in [-0.39, 0.29) is 24.9 Å². The highest BCUT2D eigenvalue weighted by atomic mass is 32.1. The number of carbonyl (C=O) groups is 2. The Bertz CT molecular complexity index is 1120. The molecule has 10 heteroatoms. The molecule has 0 aliphatic carbocycles. The molecule has 4 rings (SSSR count). The summed E-state index contributed by atoms with van der Waals surface area (Å²) in [5.74, 6) is 1.38. The largest absolute Gasteiger partial charge is 0.465 e. The molecular formula is C26H31N3O5S2. The lowest BCUT2D eigenvalue weighted by molar-refractivity contribution is 0.114. The number of nitrogens with one attached hydrogen (secondary N) is 2. The summed E-state index contributed by atoms with van der Waals surface area (Å²) < 4.78 is 10.8. The second kappa shape index (κ2) is 12.6. The zero-order valence-corrected chi connectivity index (χ0v) is 21.8. The number of rotatable bonds is 12. The first-order valence-electron chi connectivity index (χ1n) is 12.0. The van der Waals surface area contributed by atoms with E-state index in [4.69, 9.17) is 9.47 Å².